The summed E-state index contributed by atoms with van der Waals surface area (Å²) in [6, 6.07) is 21.5. The van der Waals surface area contributed by atoms with Crippen LogP contribution in [0.2, 0.25) is 10.0 Å². The minimum Gasteiger partial charge on any atom is -0.376 e. The van der Waals surface area contributed by atoms with Gasteiger partial charge in [0, 0.05) is 16.9 Å². The van der Waals surface area contributed by atoms with Crippen molar-refractivity contribution in [2.24, 2.45) is 0 Å². The van der Waals surface area contributed by atoms with Crippen LogP contribution in [-0.2, 0) is 16.8 Å². The second-order valence-corrected chi connectivity index (χ2v) is 10.6. The van der Waals surface area contributed by atoms with Gasteiger partial charge in [-0.05, 0) is 59.7 Å². The maximum Gasteiger partial charge on any atom is 0.172 e. The van der Waals surface area contributed by atoms with Gasteiger partial charge in [-0.25, -0.2) is 9.37 Å². The highest BCUT2D eigenvalue weighted by Crippen LogP contribution is 2.38. The Hall–Kier alpha value is -2.82. The highest BCUT2D eigenvalue weighted by atomic mass is 35.5. The van der Waals surface area contributed by atoms with E-state index < -0.39 is 5.41 Å². The molecule has 0 unspecified atom stereocenters. The topological polar surface area (TPSA) is 50.8 Å². The highest BCUT2D eigenvalue weighted by molar-refractivity contribution is 7.99. The molecule has 8 heteroatoms. The number of ether oxygens (including phenoxy) is 1. The van der Waals surface area contributed by atoms with Gasteiger partial charge in [0.1, 0.15) is 5.82 Å². The quantitative estimate of drug-likeness (QED) is 0.160. The summed E-state index contributed by atoms with van der Waals surface area (Å²) >= 11 is 14.0. The van der Waals surface area contributed by atoms with Gasteiger partial charge in [0.25, 0.3) is 0 Å². The van der Waals surface area contributed by atoms with E-state index in [4.69, 9.17) is 38.2 Å². The molecule has 0 bridgehead atoms. The Labute approximate surface area is 224 Å². The summed E-state index contributed by atoms with van der Waals surface area (Å²) in [6.45, 7) is 5.18. The van der Waals surface area contributed by atoms with E-state index in [1.165, 1.54) is 12.1 Å². The monoisotopic (exact) mass is 539 g/mol. The molecule has 0 saturated carbocycles. The molecule has 0 aliphatic rings. The molecule has 0 amide bonds. The number of nitrogens with zero attached hydrogens (tertiary/aromatic N) is 3. The first kappa shape index (κ1) is 26.2. The second kappa shape index (κ2) is 11.5. The van der Waals surface area contributed by atoms with Gasteiger partial charge in [0.2, 0.25) is 0 Å². The first-order valence-electron chi connectivity index (χ1n) is 11.3. The molecule has 4 aromatic rings. The number of nitriles is 1. The molecule has 4 rings (SSSR count). The number of rotatable bonds is 9. The lowest BCUT2D eigenvalue weighted by atomic mass is 9.81. The maximum atomic E-state index is 13.7. The van der Waals surface area contributed by atoms with Crippen LogP contribution in [0.4, 0.5) is 4.39 Å². The third-order valence-corrected chi connectivity index (χ3v) is 7.56. The van der Waals surface area contributed by atoms with Crippen molar-refractivity contribution in [2.45, 2.75) is 31.0 Å². The highest BCUT2D eigenvalue weighted by Gasteiger charge is 2.30. The summed E-state index contributed by atoms with van der Waals surface area (Å²) in [4.78, 5) is 4.71. The van der Waals surface area contributed by atoms with Gasteiger partial charge in [-0.1, -0.05) is 67.0 Å². The van der Waals surface area contributed by atoms with Crippen LogP contribution in [0.1, 0.15) is 36.2 Å². The second-order valence-electron chi connectivity index (χ2n) is 8.70. The summed E-state index contributed by atoms with van der Waals surface area (Å²) in [7, 11) is 0. The molecular weight excluding hydrogens is 516 g/mol. The van der Waals surface area contributed by atoms with Crippen molar-refractivity contribution in [3.63, 3.8) is 0 Å². The number of imidazole rings is 1. The molecule has 0 fully saturated rings. The van der Waals surface area contributed by atoms with Gasteiger partial charge >= 0.3 is 0 Å². The van der Waals surface area contributed by atoms with E-state index in [2.05, 4.69) is 19.9 Å². The fraction of sp³-hybridized carbons (Fsp3) is 0.214. The van der Waals surface area contributed by atoms with E-state index in [0.29, 0.717) is 34.6 Å². The fourth-order valence-electron chi connectivity index (χ4n) is 3.81. The Morgan fingerprint density at radius 3 is 2.42 bits per heavy atom. The van der Waals surface area contributed by atoms with Crippen molar-refractivity contribution >= 4 is 35.0 Å². The zero-order chi connectivity index (χ0) is 25.7. The predicted octanol–water partition coefficient (Wildman–Crippen LogP) is 7.82. The van der Waals surface area contributed by atoms with Crippen LogP contribution in [0.25, 0.3) is 5.69 Å². The Kier molecular flexibility index (Phi) is 8.38. The van der Waals surface area contributed by atoms with E-state index in [1.54, 1.807) is 42.1 Å². The van der Waals surface area contributed by atoms with Crippen molar-refractivity contribution in [2.75, 3.05) is 12.4 Å². The third kappa shape index (κ3) is 5.93. The van der Waals surface area contributed by atoms with Crippen LogP contribution >= 0.6 is 35.0 Å². The number of hydrogen-bond acceptors (Lipinski definition) is 4. The zero-order valence-electron chi connectivity index (χ0n) is 19.8. The number of benzene rings is 3. The van der Waals surface area contributed by atoms with Crippen molar-refractivity contribution in [1.29, 1.82) is 5.26 Å². The minimum atomic E-state index is -0.458. The zero-order valence-corrected chi connectivity index (χ0v) is 22.2. The molecule has 1 aromatic heterocycles. The predicted molar refractivity (Wildman–Crippen MR) is 144 cm³/mol. The van der Waals surface area contributed by atoms with Crippen molar-refractivity contribution in [3.05, 3.63) is 111 Å². The third-order valence-electron chi connectivity index (χ3n) is 5.91. The molecule has 1 heterocycles. The van der Waals surface area contributed by atoms with Crippen molar-refractivity contribution in [3.8, 4) is 11.8 Å². The summed E-state index contributed by atoms with van der Waals surface area (Å²) in [5.41, 5.74) is 3.92. The Morgan fingerprint density at radius 1 is 1.03 bits per heavy atom. The van der Waals surface area contributed by atoms with E-state index in [1.807, 2.05) is 35.0 Å². The van der Waals surface area contributed by atoms with Crippen LogP contribution < -0.4 is 0 Å². The van der Waals surface area contributed by atoms with E-state index in [9.17, 15) is 4.39 Å². The van der Waals surface area contributed by atoms with Gasteiger partial charge in [0.15, 0.2) is 5.16 Å². The summed E-state index contributed by atoms with van der Waals surface area (Å²) in [6.07, 6.45) is 1.85. The molecule has 36 heavy (non-hydrogen) atoms. The minimum absolute atomic E-state index is 0.297. The molecule has 184 valence electrons. The van der Waals surface area contributed by atoms with Crippen LogP contribution in [-0.4, -0.2) is 21.9 Å². The SMILES string of the molecule is CC(C)(c1ccc(Cl)c(Cl)c1)c1cnc(SCCOCc2ccc(C#N)cc2)n1-c1ccc(F)cc1. The first-order valence-corrected chi connectivity index (χ1v) is 13.0. The van der Waals surface area contributed by atoms with Gasteiger partial charge in [0.05, 0.1) is 46.8 Å². The molecule has 0 N–H and O–H groups in total. The Morgan fingerprint density at radius 2 is 1.75 bits per heavy atom. The number of halogens is 3. The van der Waals surface area contributed by atoms with Crippen LogP contribution in [0.3, 0.4) is 0 Å². The van der Waals surface area contributed by atoms with E-state index >= 15 is 0 Å². The lowest BCUT2D eigenvalue weighted by Gasteiger charge is -2.28. The molecule has 4 nitrogen and oxygen atoms in total. The number of thioether (sulfide) groups is 1. The molecular formula is C28H24Cl2FN3OS. The molecule has 0 aliphatic heterocycles. The average molecular weight is 540 g/mol. The molecule has 0 saturated heterocycles. The number of aromatic nitrogens is 2. The summed E-state index contributed by atoms with van der Waals surface area (Å²) in [5.74, 6) is 0.385. The smallest absolute Gasteiger partial charge is 0.172 e. The lowest BCUT2D eigenvalue weighted by molar-refractivity contribution is 0.136. The lowest BCUT2D eigenvalue weighted by Crippen LogP contribution is -2.23. The van der Waals surface area contributed by atoms with E-state index in [-0.39, 0.29) is 5.82 Å². The van der Waals surface area contributed by atoms with Gasteiger partial charge in [-0.2, -0.15) is 5.26 Å². The summed E-state index contributed by atoms with van der Waals surface area (Å²) in [5, 5.41) is 10.7. The van der Waals surface area contributed by atoms with Gasteiger partial charge in [-0.15, -0.1) is 0 Å². The van der Waals surface area contributed by atoms with Crippen molar-refractivity contribution in [1.82, 2.24) is 9.55 Å². The largest absolute Gasteiger partial charge is 0.376 e. The normalized spacial score (nSPS) is 11.4. The van der Waals surface area contributed by atoms with E-state index in [0.717, 1.165) is 27.7 Å². The standard InChI is InChI=1S/C28H24Cl2FN3OS/c1-28(2,21-7-12-24(29)25(30)15-21)26-17-33-27(34(26)23-10-8-22(31)9-11-23)36-14-13-35-18-20-5-3-19(16-32)4-6-20/h3-12,15,17H,13-14,18H2,1-2H3. The molecule has 3 aromatic carbocycles. The van der Waals surface area contributed by atoms with Crippen LogP contribution in [0.15, 0.2) is 78.1 Å². The summed E-state index contributed by atoms with van der Waals surface area (Å²) < 4.78 is 21.6. The molecule has 0 spiro atoms. The molecule has 0 aliphatic carbocycles. The van der Waals surface area contributed by atoms with Crippen molar-refractivity contribution < 1.29 is 9.13 Å². The number of hydrogen-bond donors (Lipinski definition) is 0. The molecule has 0 radical (unpaired) electrons. The Bertz CT molecular complexity index is 1380. The first-order chi connectivity index (χ1) is 17.3. The maximum absolute atomic E-state index is 13.7. The van der Waals surface area contributed by atoms with Crippen LogP contribution in [0.5, 0.6) is 0 Å². The fourth-order valence-corrected chi connectivity index (χ4v) is 4.95. The van der Waals surface area contributed by atoms with Gasteiger partial charge < -0.3 is 4.74 Å². The Balaban J connectivity index is 1.54. The molecule has 0 atom stereocenters. The van der Waals surface area contributed by atoms with Crippen LogP contribution in [0, 0.1) is 17.1 Å². The average Bonchev–Trinajstić information content (AvgIpc) is 3.31. The van der Waals surface area contributed by atoms with Gasteiger partial charge in [-0.3, -0.25) is 4.57 Å².